The van der Waals surface area contributed by atoms with Crippen molar-refractivity contribution in [2.75, 3.05) is 7.05 Å². The minimum absolute atomic E-state index is 0.141. The summed E-state index contributed by atoms with van der Waals surface area (Å²) in [6.07, 6.45) is 0. The first-order valence-corrected chi connectivity index (χ1v) is 8.90. The molecular formula is C15H18N2O3S2. The first-order valence-electron chi connectivity index (χ1n) is 6.64. The molecule has 1 aromatic heterocycles. The molecule has 2 aromatic rings. The molecule has 0 unspecified atom stereocenters. The Labute approximate surface area is 134 Å². The minimum Gasteiger partial charge on any atom is -0.365 e. The molecule has 0 atom stereocenters. The first-order chi connectivity index (χ1) is 10.2. The van der Waals surface area contributed by atoms with E-state index < -0.39 is 15.9 Å². The second-order valence-electron chi connectivity index (χ2n) is 5.08. The highest BCUT2D eigenvalue weighted by Gasteiger charge is 2.26. The van der Waals surface area contributed by atoms with Crippen LogP contribution in [-0.4, -0.2) is 25.7 Å². The van der Waals surface area contributed by atoms with E-state index >= 15 is 0 Å². The maximum absolute atomic E-state index is 12.7. The molecule has 1 amide bonds. The van der Waals surface area contributed by atoms with E-state index in [1.807, 2.05) is 31.2 Å². The lowest BCUT2D eigenvalue weighted by Crippen LogP contribution is -2.27. The molecule has 7 heteroatoms. The predicted octanol–water partition coefficient (Wildman–Crippen LogP) is 2.28. The smallest absolute Gasteiger partial charge is 0.258 e. The van der Waals surface area contributed by atoms with Crippen LogP contribution in [0.1, 0.15) is 25.7 Å². The van der Waals surface area contributed by atoms with Crippen molar-refractivity contribution in [3.8, 4) is 0 Å². The molecule has 0 spiro atoms. The van der Waals surface area contributed by atoms with Crippen LogP contribution in [-0.2, 0) is 16.6 Å². The van der Waals surface area contributed by atoms with Crippen LogP contribution in [0.5, 0.6) is 0 Å². The summed E-state index contributed by atoms with van der Waals surface area (Å²) in [7, 11) is -2.13. The molecule has 0 aliphatic heterocycles. The summed E-state index contributed by atoms with van der Waals surface area (Å²) in [5.74, 6) is -0.615. The quantitative estimate of drug-likeness (QED) is 0.908. The zero-order valence-corrected chi connectivity index (χ0v) is 14.3. The van der Waals surface area contributed by atoms with Gasteiger partial charge in [0.2, 0.25) is 10.0 Å². The van der Waals surface area contributed by atoms with E-state index in [2.05, 4.69) is 0 Å². The third-order valence-corrected chi connectivity index (χ3v) is 6.58. The Balaban J connectivity index is 2.34. The fourth-order valence-corrected chi connectivity index (χ4v) is 4.68. The van der Waals surface area contributed by atoms with E-state index in [4.69, 9.17) is 5.73 Å². The Hall–Kier alpha value is -1.70. The molecule has 0 aliphatic rings. The summed E-state index contributed by atoms with van der Waals surface area (Å²) in [4.78, 5) is 12.2. The summed E-state index contributed by atoms with van der Waals surface area (Å²) >= 11 is 1.10. The van der Waals surface area contributed by atoms with Gasteiger partial charge in [-0.05, 0) is 31.0 Å². The van der Waals surface area contributed by atoms with Gasteiger partial charge in [0.15, 0.2) is 0 Å². The Morgan fingerprint density at radius 2 is 1.91 bits per heavy atom. The average molecular weight is 338 g/mol. The highest BCUT2D eigenvalue weighted by atomic mass is 32.2. The van der Waals surface area contributed by atoms with Gasteiger partial charge >= 0.3 is 0 Å². The third kappa shape index (κ3) is 3.21. The van der Waals surface area contributed by atoms with Crippen molar-refractivity contribution in [1.82, 2.24) is 4.31 Å². The molecule has 0 saturated carbocycles. The molecule has 1 heterocycles. The van der Waals surface area contributed by atoms with Gasteiger partial charge in [-0.15, -0.1) is 11.3 Å². The number of nitrogens with zero attached hydrogens (tertiary/aromatic N) is 1. The molecule has 0 fully saturated rings. The fraction of sp³-hybridized carbons (Fsp3) is 0.267. The van der Waals surface area contributed by atoms with Crippen LogP contribution in [0.15, 0.2) is 35.2 Å². The molecule has 0 bridgehead atoms. The van der Waals surface area contributed by atoms with E-state index in [9.17, 15) is 13.2 Å². The van der Waals surface area contributed by atoms with E-state index in [1.54, 1.807) is 6.92 Å². The number of thiophene rings is 1. The SMILES string of the molecule is Cc1ccccc1CN(C)S(=O)(=O)c1cc(C(N)=O)sc1C. The summed E-state index contributed by atoms with van der Waals surface area (Å²) in [5, 5.41) is 0. The van der Waals surface area contributed by atoms with Gasteiger partial charge in [-0.2, -0.15) is 4.31 Å². The molecule has 2 N–H and O–H groups in total. The molecule has 1 aromatic carbocycles. The maximum atomic E-state index is 12.7. The number of carbonyl (C=O) groups excluding carboxylic acids is 1. The van der Waals surface area contributed by atoms with Crippen molar-refractivity contribution in [3.05, 3.63) is 51.2 Å². The zero-order valence-electron chi connectivity index (χ0n) is 12.7. The number of nitrogens with two attached hydrogens (primary N) is 1. The Kier molecular flexibility index (Phi) is 4.69. The topological polar surface area (TPSA) is 80.5 Å². The van der Waals surface area contributed by atoms with Crippen molar-refractivity contribution >= 4 is 27.3 Å². The minimum atomic E-state index is -3.66. The van der Waals surface area contributed by atoms with Crippen molar-refractivity contribution in [2.45, 2.75) is 25.3 Å². The number of sulfonamides is 1. The van der Waals surface area contributed by atoms with Crippen LogP contribution < -0.4 is 5.73 Å². The molecule has 2 rings (SSSR count). The van der Waals surface area contributed by atoms with Gasteiger partial charge < -0.3 is 5.73 Å². The molecule has 0 saturated heterocycles. The molecule has 5 nitrogen and oxygen atoms in total. The van der Waals surface area contributed by atoms with Gasteiger partial charge in [-0.1, -0.05) is 24.3 Å². The number of rotatable bonds is 5. The predicted molar refractivity (Wildman–Crippen MR) is 87.4 cm³/mol. The number of benzene rings is 1. The van der Waals surface area contributed by atoms with Crippen LogP contribution in [0.4, 0.5) is 0 Å². The second-order valence-corrected chi connectivity index (χ2v) is 8.35. The highest BCUT2D eigenvalue weighted by molar-refractivity contribution is 7.89. The van der Waals surface area contributed by atoms with E-state index in [0.717, 1.165) is 22.5 Å². The monoisotopic (exact) mass is 338 g/mol. The van der Waals surface area contributed by atoms with Crippen molar-refractivity contribution in [1.29, 1.82) is 0 Å². The summed E-state index contributed by atoms with van der Waals surface area (Å²) in [5.41, 5.74) is 7.19. The van der Waals surface area contributed by atoms with Gasteiger partial charge in [0, 0.05) is 18.5 Å². The second kappa shape index (κ2) is 6.20. The lowest BCUT2D eigenvalue weighted by atomic mass is 10.1. The number of hydrogen-bond donors (Lipinski definition) is 1. The first kappa shape index (κ1) is 16.7. The number of hydrogen-bond acceptors (Lipinski definition) is 4. The van der Waals surface area contributed by atoms with E-state index in [-0.39, 0.29) is 16.3 Å². The normalized spacial score (nSPS) is 11.8. The van der Waals surface area contributed by atoms with Crippen LogP contribution in [0.3, 0.4) is 0 Å². The fourth-order valence-electron chi connectivity index (χ4n) is 2.12. The van der Waals surface area contributed by atoms with Gasteiger partial charge in [0.25, 0.3) is 5.91 Å². The van der Waals surface area contributed by atoms with Gasteiger partial charge in [-0.3, -0.25) is 4.79 Å². The molecule has 118 valence electrons. The van der Waals surface area contributed by atoms with Crippen LogP contribution >= 0.6 is 11.3 Å². The Bertz CT molecular complexity index is 810. The third-order valence-electron chi connectivity index (χ3n) is 3.46. The van der Waals surface area contributed by atoms with Crippen molar-refractivity contribution in [2.24, 2.45) is 5.73 Å². The van der Waals surface area contributed by atoms with E-state index in [0.29, 0.717) is 4.88 Å². The summed E-state index contributed by atoms with van der Waals surface area (Å²) < 4.78 is 26.7. The Morgan fingerprint density at radius 3 is 2.45 bits per heavy atom. The highest BCUT2D eigenvalue weighted by Crippen LogP contribution is 2.28. The van der Waals surface area contributed by atoms with Crippen LogP contribution in [0.2, 0.25) is 0 Å². The van der Waals surface area contributed by atoms with Gasteiger partial charge in [-0.25, -0.2) is 8.42 Å². The van der Waals surface area contributed by atoms with Crippen molar-refractivity contribution < 1.29 is 13.2 Å². The summed E-state index contributed by atoms with van der Waals surface area (Å²) in [6, 6.07) is 8.98. The average Bonchev–Trinajstić information content (AvgIpc) is 2.84. The largest absolute Gasteiger partial charge is 0.365 e. The number of aryl methyl sites for hydroxylation is 2. The molecule has 22 heavy (non-hydrogen) atoms. The molecule has 0 aliphatic carbocycles. The molecular weight excluding hydrogens is 320 g/mol. The molecule has 0 radical (unpaired) electrons. The summed E-state index contributed by atoms with van der Waals surface area (Å²) in [6.45, 7) is 3.89. The van der Waals surface area contributed by atoms with E-state index in [1.165, 1.54) is 17.4 Å². The van der Waals surface area contributed by atoms with Gasteiger partial charge in [0.1, 0.15) is 0 Å². The Morgan fingerprint density at radius 1 is 1.27 bits per heavy atom. The number of carbonyl (C=O) groups is 1. The number of amides is 1. The van der Waals surface area contributed by atoms with Crippen LogP contribution in [0, 0.1) is 13.8 Å². The van der Waals surface area contributed by atoms with Crippen molar-refractivity contribution in [3.63, 3.8) is 0 Å². The lowest BCUT2D eigenvalue weighted by molar-refractivity contribution is 0.100. The lowest BCUT2D eigenvalue weighted by Gasteiger charge is -2.18. The maximum Gasteiger partial charge on any atom is 0.258 e. The zero-order chi connectivity index (χ0) is 16.5. The van der Waals surface area contributed by atoms with Crippen LogP contribution in [0.25, 0.3) is 0 Å². The number of primary amides is 1. The van der Waals surface area contributed by atoms with Gasteiger partial charge in [0.05, 0.1) is 9.77 Å². The standard InChI is InChI=1S/C15H18N2O3S2/c1-10-6-4-5-7-12(10)9-17(3)22(19,20)14-8-13(15(16)18)21-11(14)2/h4-8H,9H2,1-3H3,(H2,16,18).